The molecule has 0 aromatic heterocycles. The first-order chi connectivity index (χ1) is 9.72. The van der Waals surface area contributed by atoms with E-state index in [0.717, 1.165) is 0 Å². The minimum atomic E-state index is -0.349. The van der Waals surface area contributed by atoms with Gasteiger partial charge in [-0.05, 0) is 29.8 Å². The fraction of sp³-hybridized carbons (Fsp3) is 0.125. The van der Waals surface area contributed by atoms with Gasteiger partial charge in [0.1, 0.15) is 11.5 Å². The molecule has 0 aliphatic heterocycles. The number of aldehydes is 1. The fourth-order valence-electron chi connectivity index (χ4n) is 1.75. The summed E-state index contributed by atoms with van der Waals surface area (Å²) < 4.78 is 10.2. The second-order valence-corrected chi connectivity index (χ2v) is 4.16. The van der Waals surface area contributed by atoms with Crippen LogP contribution >= 0.6 is 0 Å². The zero-order valence-corrected chi connectivity index (χ0v) is 11.0. The molecule has 0 amide bonds. The Morgan fingerprint density at radius 1 is 1.15 bits per heavy atom. The molecule has 4 heteroatoms. The van der Waals surface area contributed by atoms with Gasteiger partial charge in [-0.15, -0.1) is 0 Å². The molecule has 4 nitrogen and oxygen atoms in total. The van der Waals surface area contributed by atoms with Crippen LogP contribution in [0, 0.1) is 0 Å². The first-order valence-electron chi connectivity index (χ1n) is 6.10. The second kappa shape index (κ2) is 6.52. The summed E-state index contributed by atoms with van der Waals surface area (Å²) in [6.45, 7) is 0. The first kappa shape index (κ1) is 13.8. The number of methoxy groups -OCH3 is 1. The highest BCUT2D eigenvalue weighted by molar-refractivity contribution is 5.81. The molecule has 2 aromatic carbocycles. The van der Waals surface area contributed by atoms with Gasteiger partial charge in [0.2, 0.25) is 0 Å². The molecule has 0 N–H and O–H groups in total. The van der Waals surface area contributed by atoms with E-state index in [9.17, 15) is 9.59 Å². The van der Waals surface area contributed by atoms with E-state index < -0.39 is 0 Å². The molecule has 20 heavy (non-hydrogen) atoms. The van der Waals surface area contributed by atoms with Crippen LogP contribution in [0.4, 0.5) is 0 Å². The lowest BCUT2D eigenvalue weighted by Crippen LogP contribution is -2.05. The van der Waals surface area contributed by atoms with Gasteiger partial charge in [-0.1, -0.05) is 24.3 Å². The second-order valence-electron chi connectivity index (χ2n) is 4.16. The van der Waals surface area contributed by atoms with Crippen molar-refractivity contribution in [2.24, 2.45) is 0 Å². The van der Waals surface area contributed by atoms with Crippen molar-refractivity contribution in [2.45, 2.75) is 6.42 Å². The van der Waals surface area contributed by atoms with Crippen molar-refractivity contribution in [2.75, 3.05) is 7.11 Å². The third-order valence-corrected chi connectivity index (χ3v) is 2.75. The molecule has 0 saturated carbocycles. The van der Waals surface area contributed by atoms with Gasteiger partial charge in [0.15, 0.2) is 6.29 Å². The summed E-state index contributed by atoms with van der Waals surface area (Å²) in [5.74, 6) is 0.759. The number of hydrogen-bond acceptors (Lipinski definition) is 4. The van der Waals surface area contributed by atoms with Crippen LogP contribution < -0.4 is 4.74 Å². The standard InChI is InChI=1S/C16H14O4/c1-19-16(18)10-12-7-8-15(13(9-12)11-17)20-14-5-3-2-4-6-14/h2-9,11H,10H2,1H3. The molecule has 2 aromatic rings. The Morgan fingerprint density at radius 2 is 1.90 bits per heavy atom. The fourth-order valence-corrected chi connectivity index (χ4v) is 1.75. The van der Waals surface area contributed by atoms with Crippen LogP contribution in [0.25, 0.3) is 0 Å². The third kappa shape index (κ3) is 3.45. The number of esters is 1. The van der Waals surface area contributed by atoms with Crippen LogP contribution in [0.1, 0.15) is 15.9 Å². The largest absolute Gasteiger partial charge is 0.469 e. The summed E-state index contributed by atoms with van der Waals surface area (Å²) in [7, 11) is 1.33. The van der Waals surface area contributed by atoms with E-state index >= 15 is 0 Å². The molecule has 0 spiro atoms. The maximum atomic E-state index is 11.2. The van der Waals surface area contributed by atoms with Crippen molar-refractivity contribution in [1.29, 1.82) is 0 Å². The lowest BCUT2D eigenvalue weighted by molar-refractivity contribution is -0.139. The van der Waals surface area contributed by atoms with Crippen molar-refractivity contribution in [3.8, 4) is 11.5 Å². The Labute approximate surface area is 116 Å². The molecule has 102 valence electrons. The van der Waals surface area contributed by atoms with Crippen molar-refractivity contribution in [3.63, 3.8) is 0 Å². The minimum Gasteiger partial charge on any atom is -0.469 e. The number of carbonyl (C=O) groups excluding carboxylic acids is 2. The Bertz CT molecular complexity index is 605. The molecular formula is C16H14O4. The highest BCUT2D eigenvalue weighted by atomic mass is 16.5. The van der Waals surface area contributed by atoms with Gasteiger partial charge in [0, 0.05) is 0 Å². The van der Waals surface area contributed by atoms with E-state index in [1.807, 2.05) is 18.2 Å². The molecule has 0 unspecified atom stereocenters. The van der Waals surface area contributed by atoms with Crippen molar-refractivity contribution in [3.05, 3.63) is 59.7 Å². The number of para-hydroxylation sites is 1. The van der Waals surface area contributed by atoms with Gasteiger partial charge < -0.3 is 9.47 Å². The molecule has 0 bridgehead atoms. The van der Waals surface area contributed by atoms with E-state index in [1.54, 1.807) is 30.3 Å². The van der Waals surface area contributed by atoms with Crippen LogP contribution in [0.15, 0.2) is 48.5 Å². The number of carbonyl (C=O) groups is 2. The van der Waals surface area contributed by atoms with Gasteiger partial charge >= 0.3 is 5.97 Å². The zero-order chi connectivity index (χ0) is 14.4. The first-order valence-corrected chi connectivity index (χ1v) is 6.10. The predicted molar refractivity (Wildman–Crippen MR) is 74.1 cm³/mol. The van der Waals surface area contributed by atoms with Crippen LogP contribution in [0.3, 0.4) is 0 Å². The average Bonchev–Trinajstić information content (AvgIpc) is 2.49. The molecule has 0 heterocycles. The van der Waals surface area contributed by atoms with E-state index in [2.05, 4.69) is 4.74 Å². The molecule has 0 atom stereocenters. The predicted octanol–water partition coefficient (Wildman–Crippen LogP) is 3.01. The topological polar surface area (TPSA) is 52.6 Å². The summed E-state index contributed by atoms with van der Waals surface area (Å²) in [4.78, 5) is 22.3. The molecule has 0 fully saturated rings. The lowest BCUT2D eigenvalue weighted by Gasteiger charge is -2.09. The van der Waals surface area contributed by atoms with E-state index in [-0.39, 0.29) is 12.4 Å². The van der Waals surface area contributed by atoms with E-state index in [4.69, 9.17) is 4.74 Å². The number of rotatable bonds is 5. The van der Waals surface area contributed by atoms with Gasteiger partial charge in [-0.3, -0.25) is 9.59 Å². The molecule has 2 rings (SSSR count). The van der Waals surface area contributed by atoms with E-state index in [1.165, 1.54) is 7.11 Å². The quantitative estimate of drug-likeness (QED) is 0.619. The maximum absolute atomic E-state index is 11.2. The summed E-state index contributed by atoms with van der Waals surface area (Å²) >= 11 is 0. The molecule has 0 aliphatic rings. The number of benzene rings is 2. The molecular weight excluding hydrogens is 256 g/mol. The maximum Gasteiger partial charge on any atom is 0.309 e. The summed E-state index contributed by atoms with van der Waals surface area (Å²) in [6, 6.07) is 14.2. The van der Waals surface area contributed by atoms with E-state index in [0.29, 0.717) is 28.9 Å². The van der Waals surface area contributed by atoms with Crippen LogP contribution in [-0.2, 0) is 16.0 Å². The average molecular weight is 270 g/mol. The van der Waals surface area contributed by atoms with Crippen LogP contribution in [0.2, 0.25) is 0 Å². The highest BCUT2D eigenvalue weighted by Gasteiger charge is 2.08. The normalized spacial score (nSPS) is 9.85. The zero-order valence-electron chi connectivity index (χ0n) is 11.0. The van der Waals surface area contributed by atoms with Gasteiger partial charge in [0.25, 0.3) is 0 Å². The molecule has 0 radical (unpaired) electrons. The van der Waals surface area contributed by atoms with Crippen molar-refractivity contribution in [1.82, 2.24) is 0 Å². The Morgan fingerprint density at radius 3 is 2.55 bits per heavy atom. The number of hydrogen-bond donors (Lipinski definition) is 0. The Kier molecular flexibility index (Phi) is 4.50. The van der Waals surface area contributed by atoms with Crippen molar-refractivity contribution >= 4 is 12.3 Å². The highest BCUT2D eigenvalue weighted by Crippen LogP contribution is 2.25. The number of ether oxygens (including phenoxy) is 2. The van der Waals surface area contributed by atoms with Gasteiger partial charge in [-0.25, -0.2) is 0 Å². The smallest absolute Gasteiger partial charge is 0.309 e. The SMILES string of the molecule is COC(=O)Cc1ccc(Oc2ccccc2)c(C=O)c1. The molecule has 0 saturated heterocycles. The monoisotopic (exact) mass is 270 g/mol. The third-order valence-electron chi connectivity index (χ3n) is 2.75. The van der Waals surface area contributed by atoms with Crippen LogP contribution in [-0.4, -0.2) is 19.4 Å². The summed E-state index contributed by atoms with van der Waals surface area (Å²) in [5.41, 5.74) is 1.11. The van der Waals surface area contributed by atoms with Gasteiger partial charge in [-0.2, -0.15) is 0 Å². The minimum absolute atomic E-state index is 0.128. The Balaban J connectivity index is 2.22. The van der Waals surface area contributed by atoms with Gasteiger partial charge in [0.05, 0.1) is 19.1 Å². The van der Waals surface area contributed by atoms with Crippen LogP contribution in [0.5, 0.6) is 11.5 Å². The summed E-state index contributed by atoms with van der Waals surface area (Å²) in [6.07, 6.45) is 0.835. The van der Waals surface area contributed by atoms with Crippen molar-refractivity contribution < 1.29 is 19.1 Å². The summed E-state index contributed by atoms with van der Waals surface area (Å²) in [5, 5.41) is 0. The lowest BCUT2D eigenvalue weighted by atomic mass is 10.1. The Hall–Kier alpha value is -2.62. The molecule has 0 aliphatic carbocycles.